The fourth-order valence-corrected chi connectivity index (χ4v) is 2.47. The van der Waals surface area contributed by atoms with Gasteiger partial charge in [-0.05, 0) is 33.6 Å². The smallest absolute Gasteiger partial charge is 0.321 e. The molecule has 0 radical (unpaired) electrons. The highest BCUT2D eigenvalue weighted by molar-refractivity contribution is 9.10. The second kappa shape index (κ2) is 6.71. The molecular formula is C15H11BrF3N5O. The van der Waals surface area contributed by atoms with E-state index in [0.29, 0.717) is 18.3 Å². The molecule has 0 unspecified atom stereocenters. The molecule has 2 N–H and O–H groups in total. The number of H-pyrrole nitrogens is 1. The number of rotatable bonds is 4. The molecule has 10 heteroatoms. The Bertz CT molecular complexity index is 902. The van der Waals surface area contributed by atoms with E-state index in [-0.39, 0.29) is 5.69 Å². The number of aromatic nitrogens is 4. The van der Waals surface area contributed by atoms with E-state index < -0.39 is 17.8 Å². The average molecular weight is 414 g/mol. The van der Waals surface area contributed by atoms with E-state index in [1.807, 2.05) is 6.07 Å². The molecule has 0 bridgehead atoms. The lowest BCUT2D eigenvalue weighted by Crippen LogP contribution is -2.13. The second-order valence-electron chi connectivity index (χ2n) is 5.18. The van der Waals surface area contributed by atoms with Crippen LogP contribution in [0, 0.1) is 0 Å². The number of halogens is 4. The number of hydrogen-bond acceptors (Lipinski definition) is 3. The van der Waals surface area contributed by atoms with E-state index >= 15 is 0 Å². The van der Waals surface area contributed by atoms with Gasteiger partial charge in [-0.3, -0.25) is 14.6 Å². The lowest BCUT2D eigenvalue weighted by molar-refractivity contribution is -0.141. The van der Waals surface area contributed by atoms with Crippen LogP contribution in [0.5, 0.6) is 0 Å². The molecule has 25 heavy (non-hydrogen) atoms. The van der Waals surface area contributed by atoms with Crippen LogP contribution in [0.1, 0.15) is 21.7 Å². The van der Waals surface area contributed by atoms with E-state index in [4.69, 9.17) is 0 Å². The number of amides is 1. The number of anilines is 1. The highest BCUT2D eigenvalue weighted by atomic mass is 79.9. The highest BCUT2D eigenvalue weighted by Gasteiger charge is 2.33. The molecule has 2 aromatic heterocycles. The van der Waals surface area contributed by atoms with Gasteiger partial charge in [0.15, 0.2) is 5.69 Å². The Balaban J connectivity index is 1.71. The van der Waals surface area contributed by atoms with E-state index in [1.165, 1.54) is 0 Å². The van der Waals surface area contributed by atoms with Gasteiger partial charge in [0.1, 0.15) is 5.69 Å². The minimum Gasteiger partial charge on any atom is -0.321 e. The van der Waals surface area contributed by atoms with E-state index in [0.717, 1.165) is 10.0 Å². The maximum Gasteiger partial charge on any atom is 0.432 e. The van der Waals surface area contributed by atoms with Gasteiger partial charge >= 0.3 is 6.18 Å². The molecule has 130 valence electrons. The van der Waals surface area contributed by atoms with Crippen LogP contribution in [-0.2, 0) is 12.7 Å². The lowest BCUT2D eigenvalue weighted by Gasteiger charge is -2.06. The Hall–Kier alpha value is -2.62. The molecule has 0 saturated carbocycles. The van der Waals surface area contributed by atoms with E-state index in [1.54, 1.807) is 40.4 Å². The second-order valence-corrected chi connectivity index (χ2v) is 6.09. The van der Waals surface area contributed by atoms with Crippen LogP contribution in [0.2, 0.25) is 0 Å². The van der Waals surface area contributed by atoms with E-state index in [2.05, 4.69) is 31.4 Å². The number of carbonyl (C=O) groups excluding carboxylic acids is 1. The van der Waals surface area contributed by atoms with Gasteiger partial charge in [-0.2, -0.15) is 23.4 Å². The molecule has 0 fully saturated rings. The summed E-state index contributed by atoms with van der Waals surface area (Å²) in [5.74, 6) is -0.731. The fourth-order valence-electron chi connectivity index (χ4n) is 2.14. The Labute approximate surface area is 148 Å². The monoisotopic (exact) mass is 413 g/mol. The third kappa shape index (κ3) is 4.27. The van der Waals surface area contributed by atoms with Crippen molar-refractivity contribution in [1.29, 1.82) is 0 Å². The van der Waals surface area contributed by atoms with Gasteiger partial charge < -0.3 is 5.32 Å². The summed E-state index contributed by atoms with van der Waals surface area (Å²) in [6.45, 7) is 0.482. The quantitative estimate of drug-likeness (QED) is 0.684. The van der Waals surface area contributed by atoms with Crippen LogP contribution >= 0.6 is 15.9 Å². The van der Waals surface area contributed by atoms with Gasteiger partial charge in [0.05, 0.1) is 17.2 Å². The van der Waals surface area contributed by atoms with Crippen LogP contribution in [0.25, 0.3) is 0 Å². The zero-order chi connectivity index (χ0) is 18.0. The molecular weight excluding hydrogens is 403 g/mol. The van der Waals surface area contributed by atoms with Gasteiger partial charge in [0.25, 0.3) is 5.91 Å². The summed E-state index contributed by atoms with van der Waals surface area (Å²) < 4.78 is 40.2. The predicted molar refractivity (Wildman–Crippen MR) is 87.0 cm³/mol. The minimum absolute atomic E-state index is 0.339. The molecule has 0 spiro atoms. The summed E-state index contributed by atoms with van der Waals surface area (Å²) in [7, 11) is 0. The zero-order valence-corrected chi connectivity index (χ0v) is 14.1. The van der Waals surface area contributed by atoms with Crippen molar-refractivity contribution >= 4 is 27.5 Å². The average Bonchev–Trinajstić information content (AvgIpc) is 3.16. The van der Waals surface area contributed by atoms with Crippen molar-refractivity contribution < 1.29 is 18.0 Å². The number of aromatic amines is 1. The summed E-state index contributed by atoms with van der Waals surface area (Å²) in [5.41, 5.74) is -0.0962. The van der Waals surface area contributed by atoms with Gasteiger partial charge in [-0.1, -0.05) is 12.1 Å². The van der Waals surface area contributed by atoms with Crippen molar-refractivity contribution in [3.63, 3.8) is 0 Å². The van der Waals surface area contributed by atoms with Crippen molar-refractivity contribution in [3.8, 4) is 0 Å². The molecule has 3 rings (SSSR count). The molecule has 0 aliphatic rings. The van der Waals surface area contributed by atoms with Gasteiger partial charge in [-0.15, -0.1) is 0 Å². The SMILES string of the molecule is O=C(Nc1cccc(Cn2cc(Br)cn2)c1)c1cc(C(F)(F)F)[nH]n1. The Kier molecular flexibility index (Phi) is 4.62. The molecule has 2 heterocycles. The van der Waals surface area contributed by atoms with Crippen molar-refractivity contribution in [1.82, 2.24) is 20.0 Å². The number of benzene rings is 1. The normalized spacial score (nSPS) is 11.5. The van der Waals surface area contributed by atoms with Gasteiger partial charge in [-0.25, -0.2) is 0 Å². The van der Waals surface area contributed by atoms with Crippen LogP contribution in [-0.4, -0.2) is 25.9 Å². The molecule has 1 aromatic carbocycles. The summed E-state index contributed by atoms with van der Waals surface area (Å²) in [6, 6.07) is 7.60. The first kappa shape index (κ1) is 17.2. The fraction of sp³-hybridized carbons (Fsp3) is 0.133. The highest BCUT2D eigenvalue weighted by Crippen LogP contribution is 2.27. The standard InChI is InChI=1S/C15H11BrF3N5O/c16-10-6-20-24(8-10)7-9-2-1-3-11(4-9)21-14(25)12-5-13(23-22-12)15(17,18)19/h1-6,8H,7H2,(H,21,25)(H,22,23). The summed E-state index contributed by atoms with van der Waals surface area (Å²) in [6.07, 6.45) is -1.13. The Morgan fingerprint density at radius 3 is 2.76 bits per heavy atom. The number of alkyl halides is 3. The van der Waals surface area contributed by atoms with Gasteiger partial charge in [0.2, 0.25) is 0 Å². The van der Waals surface area contributed by atoms with Crippen LogP contribution in [0.4, 0.5) is 18.9 Å². The zero-order valence-electron chi connectivity index (χ0n) is 12.5. The summed E-state index contributed by atoms with van der Waals surface area (Å²) in [5, 5.41) is 11.9. The topological polar surface area (TPSA) is 75.6 Å². The Morgan fingerprint density at radius 2 is 2.12 bits per heavy atom. The Morgan fingerprint density at radius 1 is 1.32 bits per heavy atom. The number of nitrogens with one attached hydrogen (secondary N) is 2. The first-order valence-corrected chi connectivity index (χ1v) is 7.81. The maximum atomic E-state index is 12.5. The molecule has 0 aliphatic carbocycles. The van der Waals surface area contributed by atoms with Crippen molar-refractivity contribution in [2.45, 2.75) is 12.7 Å². The van der Waals surface area contributed by atoms with Crippen molar-refractivity contribution in [2.75, 3.05) is 5.32 Å². The molecule has 1 amide bonds. The van der Waals surface area contributed by atoms with Crippen LogP contribution in [0.15, 0.2) is 47.2 Å². The maximum absolute atomic E-state index is 12.5. The molecule has 0 aliphatic heterocycles. The van der Waals surface area contributed by atoms with E-state index in [9.17, 15) is 18.0 Å². The molecule has 0 saturated heterocycles. The molecule has 3 aromatic rings. The van der Waals surface area contributed by atoms with Crippen LogP contribution < -0.4 is 5.32 Å². The van der Waals surface area contributed by atoms with Crippen molar-refractivity contribution in [2.24, 2.45) is 0 Å². The third-order valence-electron chi connectivity index (χ3n) is 3.25. The largest absolute Gasteiger partial charge is 0.432 e. The minimum atomic E-state index is -4.58. The predicted octanol–water partition coefficient (Wildman–Crippen LogP) is 3.69. The molecule has 6 nitrogen and oxygen atoms in total. The number of hydrogen-bond donors (Lipinski definition) is 2. The van der Waals surface area contributed by atoms with Crippen molar-refractivity contribution in [3.05, 3.63) is 64.1 Å². The first-order chi connectivity index (χ1) is 11.8. The lowest BCUT2D eigenvalue weighted by atomic mass is 10.2. The van der Waals surface area contributed by atoms with Crippen LogP contribution in [0.3, 0.4) is 0 Å². The summed E-state index contributed by atoms with van der Waals surface area (Å²) in [4.78, 5) is 12.0. The third-order valence-corrected chi connectivity index (χ3v) is 3.66. The number of nitrogens with zero attached hydrogens (tertiary/aromatic N) is 3. The number of carbonyl (C=O) groups is 1. The first-order valence-electron chi connectivity index (χ1n) is 7.02. The molecule has 0 atom stereocenters. The van der Waals surface area contributed by atoms with Gasteiger partial charge in [0, 0.05) is 18.0 Å². The summed E-state index contributed by atoms with van der Waals surface area (Å²) >= 11 is 3.30.